The number of carbonyl (C=O) groups is 1. The molecule has 19 heavy (non-hydrogen) atoms. The molecular weight excluding hydrogens is 346 g/mol. The average molecular weight is 359 g/mol. The van der Waals surface area contributed by atoms with Crippen LogP contribution in [0, 0.1) is 6.92 Å². The van der Waals surface area contributed by atoms with Crippen molar-refractivity contribution < 1.29 is 4.79 Å². The zero-order valence-corrected chi connectivity index (χ0v) is 13.8. The van der Waals surface area contributed by atoms with Gasteiger partial charge in [0.15, 0.2) is 0 Å². The van der Waals surface area contributed by atoms with Crippen molar-refractivity contribution in [2.75, 3.05) is 7.05 Å². The molecule has 2 aromatic rings. The SMILES string of the molecule is Cc1c(Cl)cccc1C(=O)N(C)Cc1cc(Br)cs1. The van der Waals surface area contributed by atoms with E-state index in [1.807, 2.05) is 24.4 Å². The summed E-state index contributed by atoms with van der Waals surface area (Å²) in [5, 5.41) is 2.64. The number of carbonyl (C=O) groups excluding carboxylic acids is 1. The minimum Gasteiger partial charge on any atom is -0.337 e. The maximum Gasteiger partial charge on any atom is 0.254 e. The largest absolute Gasteiger partial charge is 0.337 e. The zero-order chi connectivity index (χ0) is 14.0. The van der Waals surface area contributed by atoms with E-state index >= 15 is 0 Å². The molecule has 0 saturated heterocycles. The van der Waals surface area contributed by atoms with Crippen LogP contribution in [0.3, 0.4) is 0 Å². The molecule has 0 spiro atoms. The van der Waals surface area contributed by atoms with Crippen LogP contribution < -0.4 is 0 Å². The molecule has 0 fully saturated rings. The van der Waals surface area contributed by atoms with E-state index in [0.717, 1.165) is 14.9 Å². The molecule has 0 saturated carbocycles. The van der Waals surface area contributed by atoms with Crippen LogP contribution >= 0.6 is 38.9 Å². The molecule has 0 radical (unpaired) electrons. The van der Waals surface area contributed by atoms with Gasteiger partial charge in [-0.25, -0.2) is 0 Å². The third-order valence-electron chi connectivity index (χ3n) is 2.86. The van der Waals surface area contributed by atoms with Crippen molar-refractivity contribution in [3.05, 3.63) is 55.1 Å². The summed E-state index contributed by atoms with van der Waals surface area (Å²) in [6.45, 7) is 2.46. The first kappa shape index (κ1) is 14.6. The van der Waals surface area contributed by atoms with Gasteiger partial charge in [0.2, 0.25) is 0 Å². The highest BCUT2D eigenvalue weighted by Crippen LogP contribution is 2.23. The molecule has 5 heteroatoms. The predicted molar refractivity (Wildman–Crippen MR) is 84.0 cm³/mol. The first-order valence-electron chi connectivity index (χ1n) is 5.72. The number of nitrogens with zero attached hydrogens (tertiary/aromatic N) is 1. The van der Waals surface area contributed by atoms with Crippen LogP contribution in [0.2, 0.25) is 5.02 Å². The number of hydrogen-bond acceptors (Lipinski definition) is 2. The van der Waals surface area contributed by atoms with Crippen LogP contribution in [0.4, 0.5) is 0 Å². The summed E-state index contributed by atoms with van der Waals surface area (Å²) in [5.41, 5.74) is 1.49. The maximum absolute atomic E-state index is 12.4. The van der Waals surface area contributed by atoms with Crippen molar-refractivity contribution in [1.29, 1.82) is 0 Å². The zero-order valence-electron chi connectivity index (χ0n) is 10.6. The Labute approximate surface area is 130 Å². The molecular formula is C14H13BrClNOS. The fourth-order valence-electron chi connectivity index (χ4n) is 1.79. The van der Waals surface area contributed by atoms with Crippen molar-refractivity contribution in [3.63, 3.8) is 0 Å². The summed E-state index contributed by atoms with van der Waals surface area (Å²) in [6, 6.07) is 7.44. The topological polar surface area (TPSA) is 20.3 Å². The Balaban J connectivity index is 2.17. The molecule has 0 aliphatic rings. The molecule has 1 amide bonds. The second-order valence-electron chi connectivity index (χ2n) is 4.30. The van der Waals surface area contributed by atoms with E-state index in [1.165, 1.54) is 0 Å². The van der Waals surface area contributed by atoms with E-state index < -0.39 is 0 Å². The van der Waals surface area contributed by atoms with Crippen LogP contribution in [-0.2, 0) is 6.54 Å². The van der Waals surface area contributed by atoms with Gasteiger partial charge in [0.05, 0.1) is 6.54 Å². The first-order valence-corrected chi connectivity index (χ1v) is 7.77. The predicted octanol–water partition coefficient (Wildman–Crippen LogP) is 4.74. The molecule has 100 valence electrons. The van der Waals surface area contributed by atoms with E-state index in [9.17, 15) is 4.79 Å². The van der Waals surface area contributed by atoms with Gasteiger partial charge in [0.25, 0.3) is 5.91 Å². The molecule has 1 heterocycles. The highest BCUT2D eigenvalue weighted by Gasteiger charge is 2.16. The van der Waals surface area contributed by atoms with E-state index in [0.29, 0.717) is 17.1 Å². The van der Waals surface area contributed by atoms with Crippen molar-refractivity contribution >= 4 is 44.8 Å². The molecule has 0 aliphatic carbocycles. The van der Waals surface area contributed by atoms with Crippen LogP contribution in [0.15, 0.2) is 34.1 Å². The number of halogens is 2. The van der Waals surface area contributed by atoms with Gasteiger partial charge in [-0.15, -0.1) is 11.3 Å². The Kier molecular flexibility index (Phi) is 4.66. The first-order chi connectivity index (χ1) is 8.99. The lowest BCUT2D eigenvalue weighted by Gasteiger charge is -2.17. The molecule has 2 rings (SSSR count). The molecule has 2 nitrogen and oxygen atoms in total. The molecule has 0 aliphatic heterocycles. The van der Waals surface area contributed by atoms with Gasteiger partial charge in [0, 0.05) is 32.4 Å². The normalized spacial score (nSPS) is 10.5. The second kappa shape index (κ2) is 6.07. The highest BCUT2D eigenvalue weighted by atomic mass is 79.9. The number of rotatable bonds is 3. The fourth-order valence-corrected chi connectivity index (χ4v) is 3.47. The summed E-state index contributed by atoms with van der Waals surface area (Å²) in [5.74, 6) is -0.00970. The Bertz CT molecular complexity index is 611. The number of thiophene rings is 1. The van der Waals surface area contributed by atoms with Crippen LogP contribution in [0.1, 0.15) is 20.8 Å². The van der Waals surface area contributed by atoms with Crippen LogP contribution in [-0.4, -0.2) is 17.9 Å². The van der Waals surface area contributed by atoms with Gasteiger partial charge < -0.3 is 4.90 Å². The van der Waals surface area contributed by atoms with Gasteiger partial charge in [-0.1, -0.05) is 17.7 Å². The van der Waals surface area contributed by atoms with Crippen LogP contribution in [0.5, 0.6) is 0 Å². The standard InChI is InChI=1S/C14H13BrClNOS/c1-9-12(4-3-5-13(9)16)14(18)17(2)7-11-6-10(15)8-19-11/h3-6,8H,7H2,1-2H3. The fraction of sp³-hybridized carbons (Fsp3) is 0.214. The third kappa shape index (κ3) is 3.38. The monoisotopic (exact) mass is 357 g/mol. The van der Waals surface area contributed by atoms with Gasteiger partial charge in [-0.2, -0.15) is 0 Å². The average Bonchev–Trinajstić information content (AvgIpc) is 2.77. The van der Waals surface area contributed by atoms with E-state index in [-0.39, 0.29) is 5.91 Å². The molecule has 0 N–H and O–H groups in total. The van der Waals surface area contributed by atoms with Gasteiger partial charge in [0.1, 0.15) is 0 Å². The third-order valence-corrected chi connectivity index (χ3v) is 4.95. The lowest BCUT2D eigenvalue weighted by Crippen LogP contribution is -2.26. The molecule has 1 aromatic carbocycles. The Morgan fingerprint density at radius 1 is 1.47 bits per heavy atom. The molecule has 1 aromatic heterocycles. The van der Waals surface area contributed by atoms with Crippen molar-refractivity contribution in [2.24, 2.45) is 0 Å². The van der Waals surface area contributed by atoms with Crippen molar-refractivity contribution in [3.8, 4) is 0 Å². The number of amides is 1. The summed E-state index contributed by atoms with van der Waals surface area (Å²) in [7, 11) is 1.80. The van der Waals surface area contributed by atoms with E-state index in [1.54, 1.807) is 35.4 Å². The lowest BCUT2D eigenvalue weighted by molar-refractivity contribution is 0.0785. The van der Waals surface area contributed by atoms with Gasteiger partial charge >= 0.3 is 0 Å². The van der Waals surface area contributed by atoms with Crippen molar-refractivity contribution in [1.82, 2.24) is 4.90 Å². The second-order valence-corrected chi connectivity index (χ2v) is 6.62. The summed E-state index contributed by atoms with van der Waals surface area (Å²) in [4.78, 5) is 15.2. The minimum atomic E-state index is -0.00970. The minimum absolute atomic E-state index is 0.00970. The Hall–Kier alpha value is -0.840. The van der Waals surface area contributed by atoms with Gasteiger partial charge in [-0.3, -0.25) is 4.79 Å². The number of benzene rings is 1. The highest BCUT2D eigenvalue weighted by molar-refractivity contribution is 9.10. The van der Waals surface area contributed by atoms with Crippen LogP contribution in [0.25, 0.3) is 0 Å². The molecule has 0 bridgehead atoms. The molecule has 0 unspecified atom stereocenters. The quantitative estimate of drug-likeness (QED) is 0.775. The maximum atomic E-state index is 12.4. The molecule has 0 atom stereocenters. The Morgan fingerprint density at radius 2 is 2.21 bits per heavy atom. The lowest BCUT2D eigenvalue weighted by atomic mass is 10.1. The van der Waals surface area contributed by atoms with E-state index in [4.69, 9.17) is 11.6 Å². The van der Waals surface area contributed by atoms with E-state index in [2.05, 4.69) is 15.9 Å². The Morgan fingerprint density at radius 3 is 2.84 bits per heavy atom. The van der Waals surface area contributed by atoms with Gasteiger partial charge in [-0.05, 0) is 46.6 Å². The summed E-state index contributed by atoms with van der Waals surface area (Å²) >= 11 is 11.1. The summed E-state index contributed by atoms with van der Waals surface area (Å²) < 4.78 is 1.05. The smallest absolute Gasteiger partial charge is 0.254 e. The van der Waals surface area contributed by atoms with Crippen molar-refractivity contribution in [2.45, 2.75) is 13.5 Å². The number of hydrogen-bond donors (Lipinski definition) is 0. The summed E-state index contributed by atoms with van der Waals surface area (Å²) in [6.07, 6.45) is 0.